The number of rotatable bonds is 4. The van der Waals surface area contributed by atoms with Crippen LogP contribution < -0.4 is 10.5 Å². The van der Waals surface area contributed by atoms with E-state index in [-0.39, 0.29) is 18.3 Å². The molecule has 0 radical (unpaired) electrons. The molecule has 1 aromatic rings. The standard InChI is InChI=1S/C12H19BrN2O2S2.ClH/c1-9-4-2-3-6-12(9,8-14)15-19(16,17)11-10(13)5-7-18-11;/h5,7,9,15H,2-4,6,8,14H2,1H3;1H. The second-order valence-corrected chi connectivity index (χ2v) is 8.82. The molecule has 1 aliphatic carbocycles. The molecule has 1 aromatic heterocycles. The highest BCUT2D eigenvalue weighted by Crippen LogP contribution is 2.36. The van der Waals surface area contributed by atoms with E-state index in [2.05, 4.69) is 27.6 Å². The van der Waals surface area contributed by atoms with Gasteiger partial charge in [-0.15, -0.1) is 23.7 Å². The van der Waals surface area contributed by atoms with E-state index in [1.807, 2.05) is 0 Å². The number of halogens is 2. The van der Waals surface area contributed by atoms with Crippen LogP contribution in [0.3, 0.4) is 0 Å². The van der Waals surface area contributed by atoms with Gasteiger partial charge in [-0.25, -0.2) is 13.1 Å². The Balaban J connectivity index is 0.00000200. The molecule has 4 nitrogen and oxygen atoms in total. The Morgan fingerprint density at radius 2 is 2.25 bits per heavy atom. The summed E-state index contributed by atoms with van der Waals surface area (Å²) in [7, 11) is -3.51. The fourth-order valence-electron chi connectivity index (χ4n) is 2.70. The summed E-state index contributed by atoms with van der Waals surface area (Å²) >= 11 is 4.50. The van der Waals surface area contributed by atoms with Gasteiger partial charge in [-0.1, -0.05) is 19.8 Å². The minimum Gasteiger partial charge on any atom is -0.329 e. The largest absolute Gasteiger partial charge is 0.329 e. The average Bonchev–Trinajstić information content (AvgIpc) is 2.79. The van der Waals surface area contributed by atoms with Crippen molar-refractivity contribution in [3.63, 3.8) is 0 Å². The first-order chi connectivity index (χ1) is 8.91. The van der Waals surface area contributed by atoms with Gasteiger partial charge in [-0.05, 0) is 46.1 Å². The van der Waals surface area contributed by atoms with Crippen LogP contribution in [0.5, 0.6) is 0 Å². The highest BCUT2D eigenvalue weighted by atomic mass is 79.9. The lowest BCUT2D eigenvalue weighted by Gasteiger charge is -2.42. The molecular formula is C12H20BrClN2O2S2. The Morgan fingerprint density at radius 1 is 1.55 bits per heavy atom. The Kier molecular flexibility index (Phi) is 6.50. The molecule has 2 rings (SSSR count). The Morgan fingerprint density at radius 3 is 2.75 bits per heavy atom. The van der Waals surface area contributed by atoms with E-state index < -0.39 is 15.6 Å². The van der Waals surface area contributed by atoms with Gasteiger partial charge in [0.1, 0.15) is 4.21 Å². The van der Waals surface area contributed by atoms with Crippen LogP contribution in [-0.4, -0.2) is 20.5 Å². The number of hydrogen-bond acceptors (Lipinski definition) is 4. The van der Waals surface area contributed by atoms with Gasteiger partial charge in [0.25, 0.3) is 10.0 Å². The zero-order valence-corrected chi connectivity index (χ0v) is 15.3. The molecule has 2 atom stereocenters. The zero-order valence-electron chi connectivity index (χ0n) is 11.3. The molecule has 1 heterocycles. The van der Waals surface area contributed by atoms with Crippen LogP contribution in [0.1, 0.15) is 32.6 Å². The summed E-state index contributed by atoms with van der Waals surface area (Å²) in [5.74, 6) is 0.264. The predicted molar refractivity (Wildman–Crippen MR) is 89.0 cm³/mol. The molecule has 1 saturated carbocycles. The van der Waals surface area contributed by atoms with Gasteiger partial charge < -0.3 is 5.73 Å². The molecule has 0 bridgehead atoms. The Bertz CT molecular complexity index is 549. The van der Waals surface area contributed by atoms with E-state index in [0.717, 1.165) is 25.7 Å². The van der Waals surface area contributed by atoms with Crippen LogP contribution in [0.25, 0.3) is 0 Å². The summed E-state index contributed by atoms with van der Waals surface area (Å²) in [5.41, 5.74) is 5.39. The van der Waals surface area contributed by atoms with Crippen molar-refractivity contribution in [1.29, 1.82) is 0 Å². The quantitative estimate of drug-likeness (QED) is 0.811. The van der Waals surface area contributed by atoms with Gasteiger partial charge in [0.05, 0.1) is 0 Å². The van der Waals surface area contributed by atoms with Gasteiger partial charge in [0.15, 0.2) is 0 Å². The summed E-state index contributed by atoms with van der Waals surface area (Å²) in [5, 5.41) is 1.76. The van der Waals surface area contributed by atoms with Crippen molar-refractivity contribution in [3.8, 4) is 0 Å². The number of nitrogens with one attached hydrogen (secondary N) is 1. The normalized spacial score (nSPS) is 27.1. The SMILES string of the molecule is CC1CCCCC1(CN)NS(=O)(=O)c1sccc1Br.Cl. The van der Waals surface area contributed by atoms with Crippen molar-refractivity contribution in [2.24, 2.45) is 11.7 Å². The molecule has 1 aliphatic rings. The van der Waals surface area contributed by atoms with Crippen LogP contribution in [0.2, 0.25) is 0 Å². The molecule has 2 unspecified atom stereocenters. The molecule has 0 aromatic carbocycles. The molecule has 3 N–H and O–H groups in total. The summed E-state index contributed by atoms with van der Waals surface area (Å²) < 4.78 is 28.8. The Hall–Kier alpha value is 0.340. The van der Waals surface area contributed by atoms with Crippen molar-refractivity contribution >= 4 is 49.7 Å². The third kappa shape index (κ3) is 3.56. The van der Waals surface area contributed by atoms with Gasteiger partial charge in [-0.3, -0.25) is 0 Å². The lowest BCUT2D eigenvalue weighted by Crippen LogP contribution is -2.58. The molecule has 116 valence electrons. The topological polar surface area (TPSA) is 72.2 Å². The van der Waals surface area contributed by atoms with Crippen LogP contribution in [0.4, 0.5) is 0 Å². The third-order valence-corrected chi connectivity index (χ3v) is 8.21. The van der Waals surface area contributed by atoms with E-state index in [9.17, 15) is 8.42 Å². The number of thiophene rings is 1. The van der Waals surface area contributed by atoms with E-state index >= 15 is 0 Å². The fraction of sp³-hybridized carbons (Fsp3) is 0.667. The molecule has 20 heavy (non-hydrogen) atoms. The maximum absolute atomic E-state index is 12.5. The highest BCUT2D eigenvalue weighted by molar-refractivity contribution is 9.10. The number of nitrogens with two attached hydrogens (primary N) is 1. The van der Waals surface area contributed by atoms with E-state index in [1.165, 1.54) is 11.3 Å². The van der Waals surface area contributed by atoms with Crippen molar-refractivity contribution in [2.45, 2.75) is 42.4 Å². The third-order valence-electron chi connectivity index (χ3n) is 3.98. The molecule has 1 fully saturated rings. The highest BCUT2D eigenvalue weighted by Gasteiger charge is 2.41. The summed E-state index contributed by atoms with van der Waals surface area (Å²) in [6.45, 7) is 2.42. The summed E-state index contributed by atoms with van der Waals surface area (Å²) in [4.78, 5) is 0. The number of hydrogen-bond donors (Lipinski definition) is 2. The van der Waals surface area contributed by atoms with Crippen molar-refractivity contribution in [3.05, 3.63) is 15.9 Å². The van der Waals surface area contributed by atoms with Crippen LogP contribution in [0.15, 0.2) is 20.1 Å². The molecule has 8 heteroatoms. The first-order valence-corrected chi connectivity index (χ1v) is 9.54. The maximum Gasteiger partial charge on any atom is 0.251 e. The summed E-state index contributed by atoms with van der Waals surface area (Å²) in [6.07, 6.45) is 4.00. The molecular weight excluding hydrogens is 384 g/mol. The second-order valence-electron chi connectivity index (χ2n) is 5.17. The van der Waals surface area contributed by atoms with Crippen LogP contribution in [0, 0.1) is 5.92 Å². The lowest BCUT2D eigenvalue weighted by molar-refractivity contribution is 0.191. The Labute approximate surface area is 139 Å². The van der Waals surface area contributed by atoms with Gasteiger partial charge in [0.2, 0.25) is 0 Å². The second kappa shape index (κ2) is 7.07. The van der Waals surface area contributed by atoms with Crippen LogP contribution in [-0.2, 0) is 10.0 Å². The van der Waals surface area contributed by atoms with Crippen molar-refractivity contribution in [1.82, 2.24) is 4.72 Å². The van der Waals surface area contributed by atoms with E-state index in [4.69, 9.17) is 5.73 Å². The lowest BCUT2D eigenvalue weighted by atomic mass is 9.74. The monoisotopic (exact) mass is 402 g/mol. The van der Waals surface area contributed by atoms with Crippen LogP contribution >= 0.6 is 39.7 Å². The first-order valence-electron chi connectivity index (χ1n) is 6.38. The average molecular weight is 404 g/mol. The predicted octanol–water partition coefficient (Wildman–Crippen LogP) is 3.12. The fourth-order valence-corrected chi connectivity index (χ4v) is 6.57. The molecule has 0 aliphatic heterocycles. The number of sulfonamides is 1. The van der Waals surface area contributed by atoms with Gasteiger partial charge in [-0.2, -0.15) is 0 Å². The molecule has 0 amide bonds. The van der Waals surface area contributed by atoms with E-state index in [0.29, 0.717) is 15.2 Å². The van der Waals surface area contributed by atoms with Crippen molar-refractivity contribution in [2.75, 3.05) is 6.54 Å². The zero-order chi connectivity index (χ0) is 14.1. The molecule has 0 spiro atoms. The molecule has 0 saturated heterocycles. The van der Waals surface area contributed by atoms with Gasteiger partial charge >= 0.3 is 0 Å². The van der Waals surface area contributed by atoms with Gasteiger partial charge in [0, 0.05) is 16.6 Å². The minimum atomic E-state index is -3.51. The van der Waals surface area contributed by atoms with Crippen molar-refractivity contribution < 1.29 is 8.42 Å². The maximum atomic E-state index is 12.5. The smallest absolute Gasteiger partial charge is 0.251 e. The first kappa shape index (κ1) is 18.4. The summed E-state index contributed by atoms with van der Waals surface area (Å²) in [6, 6.07) is 1.75. The van der Waals surface area contributed by atoms with E-state index in [1.54, 1.807) is 11.4 Å². The minimum absolute atomic E-state index is 0.